The molecule has 4 rings (SSSR count). The molecule has 0 atom stereocenters. The zero-order valence-electron chi connectivity index (χ0n) is 15.7. The maximum atomic E-state index is 12.9. The van der Waals surface area contributed by atoms with Crippen molar-refractivity contribution in [3.8, 4) is 0 Å². The summed E-state index contributed by atoms with van der Waals surface area (Å²) < 4.78 is 6.85. The van der Waals surface area contributed by atoms with Gasteiger partial charge in [-0.05, 0) is 46.0 Å². The first-order chi connectivity index (χ1) is 13.0. The van der Waals surface area contributed by atoms with Crippen LogP contribution in [0.3, 0.4) is 0 Å². The normalized spacial score (nSPS) is 22.5. The van der Waals surface area contributed by atoms with Gasteiger partial charge in [0.15, 0.2) is 5.78 Å². The number of thioether (sulfide) groups is 1. The van der Waals surface area contributed by atoms with Crippen molar-refractivity contribution in [3.05, 3.63) is 33.7 Å². The van der Waals surface area contributed by atoms with Crippen molar-refractivity contribution < 1.29 is 14.0 Å². The predicted octanol–water partition coefficient (Wildman–Crippen LogP) is 4.71. The molecular formula is C20H24N2O3S2. The number of amides is 1. The van der Waals surface area contributed by atoms with Gasteiger partial charge in [0.25, 0.3) is 5.91 Å². The van der Waals surface area contributed by atoms with Crippen LogP contribution < -0.4 is 5.32 Å². The van der Waals surface area contributed by atoms with Gasteiger partial charge in [-0.15, -0.1) is 11.3 Å². The van der Waals surface area contributed by atoms with Gasteiger partial charge in [0.1, 0.15) is 15.9 Å². The molecule has 2 aliphatic rings. The molecule has 2 aromatic rings. The van der Waals surface area contributed by atoms with E-state index in [9.17, 15) is 9.59 Å². The highest BCUT2D eigenvalue weighted by atomic mass is 32.2. The summed E-state index contributed by atoms with van der Waals surface area (Å²) in [5.74, 6) is 1.14. The minimum atomic E-state index is -0.153. The average Bonchev–Trinajstić information content (AvgIpc) is 3.19. The number of carbonyl (C=O) groups excluding carboxylic acids is 2. The van der Waals surface area contributed by atoms with E-state index in [1.165, 1.54) is 0 Å². The predicted molar refractivity (Wildman–Crippen MR) is 107 cm³/mol. The molecule has 0 unspecified atom stereocenters. The Bertz CT molecular complexity index is 863. The molecule has 1 N–H and O–H groups in total. The van der Waals surface area contributed by atoms with Crippen LogP contribution in [0.5, 0.6) is 0 Å². The summed E-state index contributed by atoms with van der Waals surface area (Å²) in [6, 6.07) is 0.163. The van der Waals surface area contributed by atoms with Crippen molar-refractivity contribution in [1.29, 1.82) is 0 Å². The topological polar surface area (TPSA) is 72.2 Å². The van der Waals surface area contributed by atoms with Crippen molar-refractivity contribution in [3.63, 3.8) is 0 Å². The standard InChI is InChI=1S/C20H24N2O3S2/c1-11-10-26-20(21-11)27-14-8-6-13(7-9-14)22-19(24)17-12(2)25-16-5-3-4-15(23)18(16)17/h10,13-14H,3-9H2,1-2H3,(H,22,24). The lowest BCUT2D eigenvalue weighted by molar-refractivity contribution is 0.0909. The zero-order chi connectivity index (χ0) is 19.0. The molecule has 0 bridgehead atoms. The van der Waals surface area contributed by atoms with Gasteiger partial charge in [-0.2, -0.15) is 0 Å². The van der Waals surface area contributed by atoms with Gasteiger partial charge in [0.2, 0.25) is 0 Å². The summed E-state index contributed by atoms with van der Waals surface area (Å²) in [5.41, 5.74) is 2.07. The second-order valence-corrected chi connectivity index (χ2v) is 9.83. The van der Waals surface area contributed by atoms with Crippen LogP contribution in [0.15, 0.2) is 14.1 Å². The summed E-state index contributed by atoms with van der Waals surface area (Å²) in [6.07, 6.45) is 6.10. The number of nitrogens with one attached hydrogen (secondary N) is 1. The molecule has 0 aliphatic heterocycles. The van der Waals surface area contributed by atoms with E-state index >= 15 is 0 Å². The SMILES string of the molecule is Cc1csc(SC2CCC(NC(=O)c3c(C)oc4c3C(=O)CCC4)CC2)n1. The number of furan rings is 1. The molecule has 144 valence electrons. The molecule has 2 heterocycles. The summed E-state index contributed by atoms with van der Waals surface area (Å²) in [7, 11) is 0. The van der Waals surface area contributed by atoms with Crippen molar-refractivity contribution in [2.75, 3.05) is 0 Å². The van der Waals surface area contributed by atoms with Crippen molar-refractivity contribution in [2.45, 2.75) is 74.4 Å². The number of hydrogen-bond acceptors (Lipinski definition) is 6. The summed E-state index contributed by atoms with van der Waals surface area (Å²) in [4.78, 5) is 29.7. The summed E-state index contributed by atoms with van der Waals surface area (Å²) in [6.45, 7) is 3.80. The Morgan fingerprint density at radius 2 is 2.04 bits per heavy atom. The first kappa shape index (κ1) is 18.7. The number of fused-ring (bicyclic) bond motifs is 1. The van der Waals surface area contributed by atoms with E-state index in [0.29, 0.717) is 34.3 Å². The Morgan fingerprint density at radius 3 is 2.74 bits per heavy atom. The van der Waals surface area contributed by atoms with Crippen LogP contribution in [0, 0.1) is 13.8 Å². The number of carbonyl (C=O) groups is 2. The largest absolute Gasteiger partial charge is 0.465 e. The van der Waals surface area contributed by atoms with E-state index in [4.69, 9.17) is 4.42 Å². The summed E-state index contributed by atoms with van der Waals surface area (Å²) >= 11 is 3.57. The number of thiazole rings is 1. The number of nitrogens with zero attached hydrogens (tertiary/aromatic N) is 1. The van der Waals surface area contributed by atoms with Gasteiger partial charge in [-0.1, -0.05) is 11.8 Å². The molecule has 2 aromatic heterocycles. The third-order valence-corrected chi connectivity index (χ3v) is 7.77. The monoisotopic (exact) mass is 404 g/mol. The molecular weight excluding hydrogens is 380 g/mol. The van der Waals surface area contributed by atoms with Crippen molar-refractivity contribution in [1.82, 2.24) is 10.3 Å². The van der Waals surface area contributed by atoms with Gasteiger partial charge < -0.3 is 9.73 Å². The number of hydrogen-bond donors (Lipinski definition) is 1. The van der Waals surface area contributed by atoms with E-state index in [1.807, 2.05) is 18.7 Å². The number of ketones is 1. The fraction of sp³-hybridized carbons (Fsp3) is 0.550. The second kappa shape index (κ2) is 7.80. The summed E-state index contributed by atoms with van der Waals surface area (Å²) in [5, 5.41) is 5.80. The van der Waals surface area contributed by atoms with E-state index in [-0.39, 0.29) is 17.7 Å². The Balaban J connectivity index is 1.36. The molecule has 5 nitrogen and oxygen atoms in total. The number of Topliss-reactive ketones (excluding diaryl/α,β-unsaturated/α-hetero) is 1. The van der Waals surface area contributed by atoms with Gasteiger partial charge in [0.05, 0.1) is 11.1 Å². The Hall–Kier alpha value is -1.60. The lowest BCUT2D eigenvalue weighted by atomic mass is 9.92. The van der Waals surface area contributed by atoms with Gasteiger partial charge >= 0.3 is 0 Å². The van der Waals surface area contributed by atoms with Crippen LogP contribution in [0.1, 0.15) is 76.5 Å². The van der Waals surface area contributed by atoms with Crippen molar-refractivity contribution in [2.24, 2.45) is 0 Å². The van der Waals surface area contributed by atoms with Crippen LogP contribution in [0.4, 0.5) is 0 Å². The van der Waals surface area contributed by atoms with Gasteiger partial charge in [-0.25, -0.2) is 4.98 Å². The van der Waals surface area contributed by atoms with E-state index in [2.05, 4.69) is 15.7 Å². The van der Waals surface area contributed by atoms with Crippen LogP contribution >= 0.6 is 23.1 Å². The van der Waals surface area contributed by atoms with Crippen LogP contribution in [0.2, 0.25) is 0 Å². The first-order valence-corrected chi connectivity index (χ1v) is 11.3. The highest BCUT2D eigenvalue weighted by molar-refractivity contribution is 8.01. The Kier molecular flexibility index (Phi) is 5.41. The zero-order valence-corrected chi connectivity index (χ0v) is 17.3. The van der Waals surface area contributed by atoms with E-state index < -0.39 is 0 Å². The Labute approximate surface area is 167 Å². The first-order valence-electron chi connectivity index (χ1n) is 9.56. The number of aryl methyl sites for hydroxylation is 3. The maximum absolute atomic E-state index is 12.9. The highest BCUT2D eigenvalue weighted by Gasteiger charge is 2.32. The maximum Gasteiger partial charge on any atom is 0.255 e. The minimum Gasteiger partial charge on any atom is -0.465 e. The molecule has 2 aliphatic carbocycles. The van der Waals surface area contributed by atoms with Crippen LogP contribution in [-0.4, -0.2) is 28.0 Å². The van der Waals surface area contributed by atoms with Crippen LogP contribution in [-0.2, 0) is 6.42 Å². The molecule has 0 spiro atoms. The van der Waals surface area contributed by atoms with E-state index in [1.54, 1.807) is 18.3 Å². The molecule has 7 heteroatoms. The third-order valence-electron chi connectivity index (χ3n) is 5.35. The minimum absolute atomic E-state index is 0.0390. The molecule has 1 fully saturated rings. The molecule has 27 heavy (non-hydrogen) atoms. The van der Waals surface area contributed by atoms with Crippen molar-refractivity contribution >= 4 is 34.8 Å². The quantitative estimate of drug-likeness (QED) is 0.799. The average molecular weight is 405 g/mol. The number of aromatic nitrogens is 1. The van der Waals surface area contributed by atoms with Crippen LogP contribution in [0.25, 0.3) is 0 Å². The molecule has 0 aromatic carbocycles. The van der Waals surface area contributed by atoms with Gasteiger partial charge in [0, 0.05) is 35.2 Å². The fourth-order valence-electron chi connectivity index (χ4n) is 3.99. The fourth-order valence-corrected chi connectivity index (χ4v) is 6.28. The molecule has 0 saturated heterocycles. The highest BCUT2D eigenvalue weighted by Crippen LogP contribution is 2.35. The lowest BCUT2D eigenvalue weighted by Gasteiger charge is -2.28. The molecule has 1 saturated carbocycles. The smallest absolute Gasteiger partial charge is 0.255 e. The molecule has 0 radical (unpaired) electrons. The molecule has 1 amide bonds. The second-order valence-electron chi connectivity index (χ2n) is 7.43. The lowest BCUT2D eigenvalue weighted by Crippen LogP contribution is -2.38. The van der Waals surface area contributed by atoms with Gasteiger partial charge in [-0.3, -0.25) is 9.59 Å². The number of rotatable bonds is 4. The Morgan fingerprint density at radius 1 is 1.26 bits per heavy atom. The third kappa shape index (κ3) is 3.99. The van der Waals surface area contributed by atoms with E-state index in [0.717, 1.165) is 48.6 Å².